The summed E-state index contributed by atoms with van der Waals surface area (Å²) in [4.78, 5) is 11.0. The fourth-order valence-corrected chi connectivity index (χ4v) is 1.96. The maximum atomic E-state index is 11.0. The zero-order chi connectivity index (χ0) is 12.4. The van der Waals surface area contributed by atoms with Crippen LogP contribution in [0.5, 0.6) is 0 Å². The molecule has 2 aromatic carbocycles. The molecule has 0 bridgehead atoms. The molecular weight excluding hydrogens is 214 g/mol. The molecule has 0 aromatic heterocycles. The molecule has 0 radical (unpaired) electrons. The monoisotopic (exact) mass is 229 g/mol. The number of nitrogens with two attached hydrogens (primary N) is 1. The first-order valence-electron chi connectivity index (χ1n) is 5.57. The van der Waals surface area contributed by atoms with Crippen LogP contribution in [0.4, 0.5) is 0 Å². The lowest BCUT2D eigenvalue weighted by Gasteiger charge is -2.18. The van der Waals surface area contributed by atoms with Gasteiger partial charge >= 0.3 is 5.97 Å². The highest BCUT2D eigenvalue weighted by molar-refractivity contribution is 5.86. The molecule has 0 aliphatic rings. The van der Waals surface area contributed by atoms with Crippen LogP contribution >= 0.6 is 0 Å². The van der Waals surface area contributed by atoms with Gasteiger partial charge in [-0.15, -0.1) is 0 Å². The second-order valence-corrected chi connectivity index (χ2v) is 4.22. The van der Waals surface area contributed by atoms with Gasteiger partial charge < -0.3 is 10.8 Å². The van der Waals surface area contributed by atoms with Crippen molar-refractivity contribution in [3.8, 4) is 0 Å². The fourth-order valence-electron chi connectivity index (χ4n) is 1.96. The number of benzene rings is 2. The first-order valence-corrected chi connectivity index (χ1v) is 5.57. The van der Waals surface area contributed by atoms with Gasteiger partial charge in [0.2, 0.25) is 0 Å². The third-order valence-corrected chi connectivity index (χ3v) is 3.11. The molecule has 0 spiro atoms. The predicted molar refractivity (Wildman–Crippen MR) is 67.7 cm³/mol. The number of carboxylic acid groups (broad SMARTS) is 1. The minimum atomic E-state index is -0.870. The summed E-state index contributed by atoms with van der Waals surface area (Å²) in [6.07, 6.45) is 0. The number of rotatable bonds is 3. The van der Waals surface area contributed by atoms with Gasteiger partial charge in [0.05, 0.1) is 5.92 Å². The van der Waals surface area contributed by atoms with Crippen LogP contribution in [0.25, 0.3) is 10.8 Å². The molecular formula is C14H15NO2. The third-order valence-electron chi connectivity index (χ3n) is 3.11. The molecule has 2 aromatic rings. The number of aliphatic carboxylic acids is 1. The van der Waals surface area contributed by atoms with Gasteiger partial charge in [0.1, 0.15) is 0 Å². The Balaban J connectivity index is 2.52. The zero-order valence-electron chi connectivity index (χ0n) is 9.63. The summed E-state index contributed by atoms with van der Waals surface area (Å²) in [6.45, 7) is 1.63. The van der Waals surface area contributed by atoms with Crippen molar-refractivity contribution in [3.63, 3.8) is 0 Å². The van der Waals surface area contributed by atoms with Crippen LogP contribution in [0.3, 0.4) is 0 Å². The first kappa shape index (κ1) is 11.6. The topological polar surface area (TPSA) is 63.3 Å². The minimum absolute atomic E-state index is 0.487. The molecule has 2 rings (SSSR count). The van der Waals surface area contributed by atoms with Crippen LogP contribution < -0.4 is 5.73 Å². The van der Waals surface area contributed by atoms with E-state index >= 15 is 0 Å². The lowest BCUT2D eigenvalue weighted by Crippen LogP contribution is -2.25. The smallest absolute Gasteiger partial charge is 0.308 e. The van der Waals surface area contributed by atoms with Crippen LogP contribution in [0, 0.1) is 5.92 Å². The standard InChI is InChI=1S/C14H15NO2/c1-9(14(16)17)13(15)12-8-4-6-10-5-2-3-7-11(10)12/h2-9,13H,15H2,1H3,(H,16,17)/t9-,13?/m0/s1. The van der Waals surface area contributed by atoms with E-state index in [-0.39, 0.29) is 0 Å². The van der Waals surface area contributed by atoms with Gasteiger partial charge in [-0.25, -0.2) is 0 Å². The van der Waals surface area contributed by atoms with Gasteiger partial charge in [-0.05, 0) is 16.3 Å². The molecule has 0 amide bonds. The Bertz CT molecular complexity index is 545. The quantitative estimate of drug-likeness (QED) is 0.850. The van der Waals surface area contributed by atoms with Crippen molar-refractivity contribution in [2.45, 2.75) is 13.0 Å². The van der Waals surface area contributed by atoms with Crippen LogP contribution in [0.15, 0.2) is 42.5 Å². The first-order chi connectivity index (χ1) is 8.11. The Morgan fingerprint density at radius 3 is 2.53 bits per heavy atom. The summed E-state index contributed by atoms with van der Waals surface area (Å²) in [5, 5.41) is 11.1. The highest BCUT2D eigenvalue weighted by atomic mass is 16.4. The molecule has 3 N–H and O–H groups in total. The molecule has 0 aliphatic carbocycles. The van der Waals surface area contributed by atoms with Crippen molar-refractivity contribution in [3.05, 3.63) is 48.0 Å². The third kappa shape index (κ3) is 2.15. The molecule has 0 heterocycles. The van der Waals surface area contributed by atoms with Crippen molar-refractivity contribution in [2.24, 2.45) is 11.7 Å². The van der Waals surface area contributed by atoms with Gasteiger partial charge in [0.15, 0.2) is 0 Å². The van der Waals surface area contributed by atoms with Gasteiger partial charge in [-0.1, -0.05) is 49.4 Å². The van der Waals surface area contributed by atoms with Gasteiger partial charge in [0, 0.05) is 6.04 Å². The largest absolute Gasteiger partial charge is 0.481 e. The van der Waals surface area contributed by atoms with Crippen LogP contribution in [0.2, 0.25) is 0 Å². The Morgan fingerprint density at radius 2 is 1.82 bits per heavy atom. The van der Waals surface area contributed by atoms with Gasteiger partial charge in [0.25, 0.3) is 0 Å². The van der Waals surface area contributed by atoms with E-state index in [1.165, 1.54) is 0 Å². The molecule has 2 atom stereocenters. The maximum Gasteiger partial charge on any atom is 0.308 e. The number of carbonyl (C=O) groups is 1. The van der Waals surface area contributed by atoms with E-state index in [9.17, 15) is 4.79 Å². The number of carboxylic acids is 1. The summed E-state index contributed by atoms with van der Waals surface area (Å²) in [7, 11) is 0. The minimum Gasteiger partial charge on any atom is -0.481 e. The highest BCUT2D eigenvalue weighted by Crippen LogP contribution is 2.27. The number of hydrogen-bond acceptors (Lipinski definition) is 2. The van der Waals surface area contributed by atoms with Crippen molar-refractivity contribution in [1.82, 2.24) is 0 Å². The van der Waals surface area contributed by atoms with Crippen LogP contribution in [-0.4, -0.2) is 11.1 Å². The summed E-state index contributed by atoms with van der Waals surface area (Å²) in [5.74, 6) is -1.47. The Morgan fingerprint density at radius 1 is 1.18 bits per heavy atom. The molecule has 0 saturated heterocycles. The SMILES string of the molecule is C[C@H](C(=O)O)C(N)c1cccc2ccccc12. The lowest BCUT2D eigenvalue weighted by molar-refractivity contribution is -0.141. The van der Waals surface area contributed by atoms with E-state index in [1.54, 1.807) is 6.92 Å². The second kappa shape index (κ2) is 4.55. The summed E-state index contributed by atoms with van der Waals surface area (Å²) < 4.78 is 0. The molecule has 1 unspecified atom stereocenters. The number of hydrogen-bond donors (Lipinski definition) is 2. The summed E-state index contributed by atoms with van der Waals surface area (Å²) in [6, 6.07) is 13.2. The van der Waals surface area contributed by atoms with E-state index in [0.717, 1.165) is 16.3 Å². The molecule has 88 valence electrons. The van der Waals surface area contributed by atoms with E-state index in [4.69, 9.17) is 10.8 Å². The molecule has 3 heteroatoms. The van der Waals surface area contributed by atoms with Crippen molar-refractivity contribution in [1.29, 1.82) is 0 Å². The van der Waals surface area contributed by atoms with Crippen LogP contribution in [-0.2, 0) is 4.79 Å². The normalized spacial score (nSPS) is 14.5. The van der Waals surface area contributed by atoms with Gasteiger partial charge in [-0.3, -0.25) is 4.79 Å². The van der Waals surface area contributed by atoms with Crippen molar-refractivity contribution in [2.75, 3.05) is 0 Å². The van der Waals surface area contributed by atoms with Crippen LogP contribution in [0.1, 0.15) is 18.5 Å². The van der Waals surface area contributed by atoms with Crippen molar-refractivity contribution >= 4 is 16.7 Å². The lowest BCUT2D eigenvalue weighted by atomic mass is 9.91. The molecule has 3 nitrogen and oxygen atoms in total. The predicted octanol–water partition coefficient (Wildman–Crippen LogP) is 2.56. The highest BCUT2D eigenvalue weighted by Gasteiger charge is 2.22. The number of fused-ring (bicyclic) bond motifs is 1. The molecule has 0 aliphatic heterocycles. The average Bonchev–Trinajstić information content (AvgIpc) is 2.36. The molecule has 17 heavy (non-hydrogen) atoms. The fraction of sp³-hybridized carbons (Fsp3) is 0.214. The van der Waals surface area contributed by atoms with Crippen molar-refractivity contribution < 1.29 is 9.90 Å². The Labute approximate surface area is 99.9 Å². The Kier molecular flexibility index (Phi) is 3.11. The van der Waals surface area contributed by atoms with E-state index in [2.05, 4.69) is 0 Å². The van der Waals surface area contributed by atoms with E-state index in [1.807, 2.05) is 42.5 Å². The second-order valence-electron chi connectivity index (χ2n) is 4.22. The summed E-state index contributed by atoms with van der Waals surface area (Å²) >= 11 is 0. The maximum absolute atomic E-state index is 11.0. The van der Waals surface area contributed by atoms with E-state index < -0.39 is 17.9 Å². The Hall–Kier alpha value is -1.87. The van der Waals surface area contributed by atoms with E-state index in [0.29, 0.717) is 0 Å². The molecule has 0 saturated carbocycles. The average molecular weight is 229 g/mol. The summed E-state index contributed by atoms with van der Waals surface area (Å²) in [5.41, 5.74) is 6.91. The van der Waals surface area contributed by atoms with Gasteiger partial charge in [-0.2, -0.15) is 0 Å². The zero-order valence-corrected chi connectivity index (χ0v) is 9.63. The molecule has 0 fully saturated rings.